The molecule has 0 aromatic heterocycles. The lowest BCUT2D eigenvalue weighted by Crippen LogP contribution is -2.56. The molecule has 0 saturated carbocycles. The van der Waals surface area contributed by atoms with Crippen LogP contribution >= 0.6 is 0 Å². The number of hydrogen-bond donors (Lipinski definition) is 1. The van der Waals surface area contributed by atoms with Crippen LogP contribution in [0.4, 0.5) is 17.1 Å². The molecule has 2 aromatic rings. The number of nitrogens with zero attached hydrogens (tertiary/aromatic N) is 3. The van der Waals surface area contributed by atoms with Crippen molar-refractivity contribution in [2.24, 2.45) is 0 Å². The average molecular weight is 471 g/mol. The number of sulfonamides is 1. The number of rotatable bonds is 6. The topological polar surface area (TPSA) is 90.0 Å². The van der Waals surface area contributed by atoms with E-state index in [1.807, 2.05) is 36.1 Å². The van der Waals surface area contributed by atoms with E-state index in [-0.39, 0.29) is 29.3 Å². The van der Waals surface area contributed by atoms with Crippen LogP contribution in [0.15, 0.2) is 47.4 Å². The standard InChI is InChI=1S/C24H30N4O4S/c1-4-17-9-5-6-10-19(17)25-23(29)16-28-22-15-18(33(31,32)26(2)3)12-13-20(22)27-14-8-7-11-21(27)24(28)30/h5-6,9-10,12-13,15,21H,4,7-8,11,14,16H2,1-3H3,(H,25,29). The lowest BCUT2D eigenvalue weighted by atomic mass is 9.96. The summed E-state index contributed by atoms with van der Waals surface area (Å²) < 4.78 is 26.6. The van der Waals surface area contributed by atoms with Gasteiger partial charge in [-0.25, -0.2) is 12.7 Å². The van der Waals surface area contributed by atoms with Gasteiger partial charge in [0, 0.05) is 26.3 Å². The monoisotopic (exact) mass is 470 g/mol. The van der Waals surface area contributed by atoms with Crippen molar-refractivity contribution in [2.75, 3.05) is 42.3 Å². The van der Waals surface area contributed by atoms with E-state index in [2.05, 4.69) is 5.32 Å². The molecule has 0 radical (unpaired) electrons. The smallest absolute Gasteiger partial charge is 0.250 e. The molecule has 4 rings (SSSR count). The molecule has 0 aliphatic carbocycles. The highest BCUT2D eigenvalue weighted by molar-refractivity contribution is 7.89. The number of aryl methyl sites for hydroxylation is 1. The van der Waals surface area contributed by atoms with Gasteiger partial charge in [0.25, 0.3) is 0 Å². The van der Waals surface area contributed by atoms with Crippen molar-refractivity contribution < 1.29 is 18.0 Å². The Morgan fingerprint density at radius 3 is 2.61 bits per heavy atom. The van der Waals surface area contributed by atoms with Gasteiger partial charge in [-0.15, -0.1) is 0 Å². The highest BCUT2D eigenvalue weighted by Crippen LogP contribution is 2.40. The molecule has 176 valence electrons. The Bertz CT molecular complexity index is 1180. The number of piperidine rings is 1. The number of hydrogen-bond acceptors (Lipinski definition) is 5. The fourth-order valence-corrected chi connectivity index (χ4v) is 5.48. The van der Waals surface area contributed by atoms with E-state index >= 15 is 0 Å². The molecule has 33 heavy (non-hydrogen) atoms. The molecule has 1 fully saturated rings. The molecule has 9 heteroatoms. The third-order valence-corrected chi connectivity index (χ3v) is 8.16. The molecule has 2 aliphatic heterocycles. The molecule has 1 unspecified atom stereocenters. The minimum atomic E-state index is -3.69. The van der Waals surface area contributed by atoms with Crippen LogP contribution in [0.25, 0.3) is 0 Å². The van der Waals surface area contributed by atoms with E-state index in [0.717, 1.165) is 47.1 Å². The Labute approximate surface area is 195 Å². The van der Waals surface area contributed by atoms with Gasteiger partial charge >= 0.3 is 0 Å². The Hall–Kier alpha value is -2.91. The van der Waals surface area contributed by atoms with Crippen LogP contribution in [-0.2, 0) is 26.0 Å². The maximum atomic E-state index is 13.5. The Morgan fingerprint density at radius 2 is 1.88 bits per heavy atom. The van der Waals surface area contributed by atoms with Crippen LogP contribution in [0.5, 0.6) is 0 Å². The van der Waals surface area contributed by atoms with Gasteiger partial charge in [0.05, 0.1) is 16.3 Å². The predicted octanol–water partition coefficient (Wildman–Crippen LogP) is 2.84. The Balaban J connectivity index is 1.71. The lowest BCUT2D eigenvalue weighted by Gasteiger charge is -2.45. The molecule has 2 amide bonds. The van der Waals surface area contributed by atoms with Gasteiger partial charge in [-0.2, -0.15) is 0 Å². The predicted molar refractivity (Wildman–Crippen MR) is 129 cm³/mol. The van der Waals surface area contributed by atoms with Crippen LogP contribution in [-0.4, -0.2) is 57.8 Å². The summed E-state index contributed by atoms with van der Waals surface area (Å²) in [5.74, 6) is -0.485. The van der Waals surface area contributed by atoms with Crippen molar-refractivity contribution in [3.8, 4) is 0 Å². The molecule has 1 N–H and O–H groups in total. The van der Waals surface area contributed by atoms with Crippen molar-refractivity contribution in [1.82, 2.24) is 4.31 Å². The van der Waals surface area contributed by atoms with Crippen molar-refractivity contribution in [3.63, 3.8) is 0 Å². The number of para-hydroxylation sites is 1. The number of nitrogens with one attached hydrogen (secondary N) is 1. The van der Waals surface area contributed by atoms with Gasteiger partial charge in [0.1, 0.15) is 12.6 Å². The molecule has 1 atom stereocenters. The van der Waals surface area contributed by atoms with E-state index in [4.69, 9.17) is 0 Å². The molecule has 0 spiro atoms. The van der Waals surface area contributed by atoms with Gasteiger partial charge in [0.15, 0.2) is 0 Å². The number of carbonyl (C=O) groups is 2. The maximum Gasteiger partial charge on any atom is 0.250 e. The highest BCUT2D eigenvalue weighted by atomic mass is 32.2. The molecule has 2 aliphatic rings. The Morgan fingerprint density at radius 1 is 1.12 bits per heavy atom. The first-order valence-corrected chi connectivity index (χ1v) is 12.7. The fraction of sp³-hybridized carbons (Fsp3) is 0.417. The molecule has 2 heterocycles. The minimum absolute atomic E-state index is 0.0937. The summed E-state index contributed by atoms with van der Waals surface area (Å²) in [6, 6.07) is 12.1. The SMILES string of the molecule is CCc1ccccc1NC(=O)CN1C(=O)C2CCCCN2c2ccc(S(=O)(=O)N(C)C)cc21. The number of fused-ring (bicyclic) bond motifs is 3. The molecule has 8 nitrogen and oxygen atoms in total. The number of carbonyl (C=O) groups excluding carboxylic acids is 2. The van der Waals surface area contributed by atoms with E-state index in [1.54, 1.807) is 12.1 Å². The zero-order valence-corrected chi connectivity index (χ0v) is 20.1. The van der Waals surface area contributed by atoms with Gasteiger partial charge in [-0.3, -0.25) is 14.5 Å². The van der Waals surface area contributed by atoms with Crippen LogP contribution in [0.2, 0.25) is 0 Å². The van der Waals surface area contributed by atoms with Crippen LogP contribution in [0, 0.1) is 0 Å². The van der Waals surface area contributed by atoms with Gasteiger partial charge in [0.2, 0.25) is 21.8 Å². The second-order valence-electron chi connectivity index (χ2n) is 8.63. The largest absolute Gasteiger partial charge is 0.358 e. The van der Waals surface area contributed by atoms with E-state index in [9.17, 15) is 18.0 Å². The van der Waals surface area contributed by atoms with Crippen molar-refractivity contribution in [1.29, 1.82) is 0 Å². The summed E-state index contributed by atoms with van der Waals surface area (Å²) in [6.45, 7) is 2.56. The summed E-state index contributed by atoms with van der Waals surface area (Å²) in [5, 5.41) is 2.92. The summed E-state index contributed by atoms with van der Waals surface area (Å²) in [6.07, 6.45) is 3.39. The maximum absolute atomic E-state index is 13.5. The number of benzene rings is 2. The molecular weight excluding hydrogens is 440 g/mol. The van der Waals surface area contributed by atoms with Crippen LogP contribution in [0.1, 0.15) is 31.7 Å². The van der Waals surface area contributed by atoms with E-state index in [0.29, 0.717) is 12.1 Å². The third kappa shape index (κ3) is 4.35. The zero-order valence-electron chi connectivity index (χ0n) is 19.2. The highest BCUT2D eigenvalue weighted by Gasteiger charge is 2.40. The number of amides is 2. The summed E-state index contributed by atoms with van der Waals surface area (Å²) in [7, 11) is -0.752. The van der Waals surface area contributed by atoms with E-state index < -0.39 is 10.0 Å². The normalized spacial score (nSPS) is 18.2. The fourth-order valence-electron chi connectivity index (χ4n) is 4.56. The van der Waals surface area contributed by atoms with Crippen LogP contribution in [0.3, 0.4) is 0 Å². The number of anilines is 3. The summed E-state index contributed by atoms with van der Waals surface area (Å²) in [4.78, 5) is 30.1. The van der Waals surface area contributed by atoms with Crippen molar-refractivity contribution in [3.05, 3.63) is 48.0 Å². The summed E-state index contributed by atoms with van der Waals surface area (Å²) in [5.41, 5.74) is 2.98. The first-order chi connectivity index (χ1) is 15.7. The van der Waals surface area contributed by atoms with E-state index in [1.165, 1.54) is 25.1 Å². The molecular formula is C24H30N4O4S. The van der Waals surface area contributed by atoms with Gasteiger partial charge < -0.3 is 10.2 Å². The van der Waals surface area contributed by atoms with Gasteiger partial charge in [-0.1, -0.05) is 25.1 Å². The summed E-state index contributed by atoms with van der Waals surface area (Å²) >= 11 is 0. The minimum Gasteiger partial charge on any atom is -0.358 e. The van der Waals surface area contributed by atoms with Crippen molar-refractivity contribution in [2.45, 2.75) is 43.5 Å². The third-order valence-electron chi connectivity index (χ3n) is 6.35. The Kier molecular flexibility index (Phi) is 6.45. The zero-order chi connectivity index (χ0) is 23.8. The first kappa shape index (κ1) is 23.3. The van der Waals surface area contributed by atoms with Crippen LogP contribution < -0.4 is 15.1 Å². The second-order valence-corrected chi connectivity index (χ2v) is 10.8. The quantitative estimate of drug-likeness (QED) is 0.701. The van der Waals surface area contributed by atoms with Gasteiger partial charge in [-0.05, 0) is 55.5 Å². The molecule has 0 bridgehead atoms. The average Bonchev–Trinajstić information content (AvgIpc) is 2.81. The second kappa shape index (κ2) is 9.15. The van der Waals surface area contributed by atoms with Crippen molar-refractivity contribution >= 4 is 38.9 Å². The molecule has 2 aromatic carbocycles. The molecule has 1 saturated heterocycles. The first-order valence-electron chi connectivity index (χ1n) is 11.3. The lowest BCUT2D eigenvalue weighted by molar-refractivity contribution is -0.123.